The highest BCUT2D eigenvalue weighted by Crippen LogP contribution is 2.62. The van der Waals surface area contributed by atoms with Crippen molar-refractivity contribution in [1.29, 1.82) is 0 Å². The van der Waals surface area contributed by atoms with Crippen molar-refractivity contribution >= 4 is 79.7 Å². The van der Waals surface area contributed by atoms with Gasteiger partial charge in [0, 0.05) is 0 Å². The van der Waals surface area contributed by atoms with Crippen LogP contribution in [-0.2, 0) is 10.1 Å². The molecule has 0 aliphatic heterocycles. The second kappa shape index (κ2) is 7.27. The minimum absolute atomic E-state index is 0.0238. The molecule has 10 heteroatoms. The highest BCUT2D eigenvalue weighted by atomic mass is 35.5. The molecule has 0 radical (unpaired) electrons. The summed E-state index contributed by atoms with van der Waals surface area (Å²) in [4.78, 5) is -0.639. The summed E-state index contributed by atoms with van der Waals surface area (Å²) in [6, 6.07) is 0. The Labute approximate surface area is 172 Å². The van der Waals surface area contributed by atoms with Gasteiger partial charge in [0.05, 0.1) is 0 Å². The molecule has 0 aromatic carbocycles. The molecule has 24 heavy (non-hydrogen) atoms. The summed E-state index contributed by atoms with van der Waals surface area (Å²) in [7, 11) is -4.80. The summed E-state index contributed by atoms with van der Waals surface area (Å²) in [6.07, 6.45) is 6.39. The average Bonchev–Trinajstić information content (AvgIpc) is 2.71. The zero-order valence-corrected chi connectivity index (χ0v) is 17.8. The van der Waals surface area contributed by atoms with Crippen LogP contribution < -0.4 is 0 Å². The summed E-state index contributed by atoms with van der Waals surface area (Å²) in [5, 5.41) is 0. The Morgan fingerprint density at radius 1 is 0.958 bits per heavy atom. The summed E-state index contributed by atoms with van der Waals surface area (Å²) >= 11 is 37.4. The van der Waals surface area contributed by atoms with Gasteiger partial charge in [0.15, 0.2) is 13.0 Å². The van der Waals surface area contributed by atoms with E-state index in [0.29, 0.717) is 12.0 Å². The zero-order valence-electron chi connectivity index (χ0n) is 12.5. The van der Waals surface area contributed by atoms with E-state index in [1.165, 1.54) is 0 Å². The molecule has 2 rings (SSSR count). The first kappa shape index (κ1) is 21.4. The lowest BCUT2D eigenvalue weighted by Crippen LogP contribution is -2.50. The van der Waals surface area contributed by atoms with E-state index in [0.717, 1.165) is 31.3 Å². The molecule has 0 saturated carbocycles. The second-order valence-corrected chi connectivity index (χ2v) is 11.5. The molecule has 0 atom stereocenters. The van der Waals surface area contributed by atoms with Crippen LogP contribution in [0.4, 0.5) is 0 Å². The average molecular weight is 477 g/mol. The fourth-order valence-electron chi connectivity index (χ4n) is 3.03. The Balaban J connectivity index is 2.75. The van der Waals surface area contributed by atoms with Crippen molar-refractivity contribution in [3.63, 3.8) is 0 Å². The van der Waals surface area contributed by atoms with Gasteiger partial charge in [-0.1, -0.05) is 82.1 Å². The van der Waals surface area contributed by atoms with E-state index in [2.05, 4.69) is 0 Å². The molecule has 0 amide bonds. The number of rotatable bonds is 2. The van der Waals surface area contributed by atoms with Gasteiger partial charge in [0.1, 0.15) is 4.91 Å². The highest BCUT2D eigenvalue weighted by molar-refractivity contribution is 7.90. The fraction of sp³-hybridized carbons (Fsp3) is 0.714. The molecule has 0 aromatic heterocycles. The Morgan fingerprint density at radius 2 is 1.58 bits per heavy atom. The molecule has 2 aliphatic rings. The quantitative estimate of drug-likeness (QED) is 0.374. The smallest absolute Gasteiger partial charge is 0.282 e. The fourth-order valence-corrected chi connectivity index (χ4v) is 6.34. The van der Waals surface area contributed by atoms with Gasteiger partial charge in [0.25, 0.3) is 10.1 Å². The van der Waals surface area contributed by atoms with E-state index >= 15 is 0 Å². The molecule has 0 bridgehead atoms. The van der Waals surface area contributed by atoms with Gasteiger partial charge in [-0.05, 0) is 49.7 Å². The van der Waals surface area contributed by atoms with Crippen molar-refractivity contribution in [2.75, 3.05) is 0 Å². The molecule has 0 unspecified atom stereocenters. The summed E-state index contributed by atoms with van der Waals surface area (Å²) < 4.78 is 27.5. The van der Waals surface area contributed by atoms with Crippen LogP contribution in [-0.4, -0.2) is 26.0 Å². The van der Waals surface area contributed by atoms with E-state index in [1.807, 2.05) is 6.08 Å². The Morgan fingerprint density at radius 3 is 2.17 bits per heavy atom. The Hall–Kier alpha value is 1.13. The van der Waals surface area contributed by atoms with Gasteiger partial charge >= 0.3 is 0 Å². The standard InChI is InChI=1S/C14H16Cl6O3S/c15-12(16)8-7-10(9-5-3-1-2-4-6-9)11(24(21,22)23)13(17,18)14(12,19)20/h5H,1-4,6-8H2,(H,21,22,23). The normalized spacial score (nSPS) is 27.2. The second-order valence-electron chi connectivity index (χ2n) is 5.96. The molecular formula is C14H16Cl6O3S. The highest BCUT2D eigenvalue weighted by Gasteiger charge is 2.65. The zero-order chi connectivity index (χ0) is 18.4. The third-order valence-corrected chi connectivity index (χ3v) is 9.46. The van der Waals surface area contributed by atoms with Gasteiger partial charge < -0.3 is 0 Å². The molecule has 2 aliphatic carbocycles. The number of hydrogen-bond donors (Lipinski definition) is 1. The molecule has 0 fully saturated rings. The minimum atomic E-state index is -4.80. The van der Waals surface area contributed by atoms with Crippen LogP contribution >= 0.6 is 69.6 Å². The monoisotopic (exact) mass is 474 g/mol. The van der Waals surface area contributed by atoms with Crippen LogP contribution in [0.25, 0.3) is 0 Å². The van der Waals surface area contributed by atoms with Gasteiger partial charge in [-0.3, -0.25) is 4.55 Å². The van der Waals surface area contributed by atoms with Gasteiger partial charge in [-0.25, -0.2) is 0 Å². The Kier molecular flexibility index (Phi) is 6.49. The SMILES string of the molecule is O=S(=O)(O)C1=C(C2=CCCCCC2)CCC(Cl)(Cl)C(Cl)(Cl)C1(Cl)Cl. The molecular weight excluding hydrogens is 461 g/mol. The van der Waals surface area contributed by atoms with Gasteiger partial charge in [-0.2, -0.15) is 8.42 Å². The van der Waals surface area contributed by atoms with Crippen molar-refractivity contribution in [2.45, 2.75) is 57.9 Å². The van der Waals surface area contributed by atoms with Crippen LogP contribution in [0.3, 0.4) is 0 Å². The topological polar surface area (TPSA) is 54.4 Å². The number of alkyl halides is 6. The molecule has 3 nitrogen and oxygen atoms in total. The molecule has 1 N–H and O–H groups in total. The number of halogens is 6. The van der Waals surface area contributed by atoms with Crippen molar-refractivity contribution in [3.05, 3.63) is 22.1 Å². The molecule has 138 valence electrons. The van der Waals surface area contributed by atoms with Gasteiger partial charge in [-0.15, -0.1) is 0 Å². The molecule has 0 spiro atoms. The predicted octanol–water partition coefficient (Wildman–Crippen LogP) is 6.33. The molecule has 0 heterocycles. The van der Waals surface area contributed by atoms with E-state index in [9.17, 15) is 13.0 Å². The van der Waals surface area contributed by atoms with E-state index in [1.54, 1.807) is 0 Å². The molecule has 0 aromatic rings. The first-order valence-electron chi connectivity index (χ1n) is 7.36. The lowest BCUT2D eigenvalue weighted by Gasteiger charge is -2.39. The van der Waals surface area contributed by atoms with E-state index in [-0.39, 0.29) is 12.8 Å². The molecule has 0 saturated heterocycles. The first-order chi connectivity index (χ1) is 10.8. The third kappa shape index (κ3) is 3.87. The van der Waals surface area contributed by atoms with Crippen LogP contribution in [0.5, 0.6) is 0 Å². The van der Waals surface area contributed by atoms with Crippen LogP contribution in [0.1, 0.15) is 44.9 Å². The van der Waals surface area contributed by atoms with Crippen molar-refractivity contribution < 1.29 is 13.0 Å². The van der Waals surface area contributed by atoms with Crippen LogP contribution in [0.2, 0.25) is 0 Å². The van der Waals surface area contributed by atoms with Gasteiger partial charge in [0.2, 0.25) is 0 Å². The maximum absolute atomic E-state index is 12.1. The lowest BCUT2D eigenvalue weighted by molar-refractivity contribution is 0.485. The summed E-state index contributed by atoms with van der Waals surface area (Å²) in [6.45, 7) is 0. The third-order valence-electron chi connectivity index (χ3n) is 4.29. The van der Waals surface area contributed by atoms with E-state index < -0.39 is 28.0 Å². The van der Waals surface area contributed by atoms with Crippen molar-refractivity contribution in [1.82, 2.24) is 0 Å². The largest absolute Gasteiger partial charge is 0.294 e. The minimum Gasteiger partial charge on any atom is -0.282 e. The summed E-state index contributed by atoms with van der Waals surface area (Å²) in [5.41, 5.74) is 1.04. The van der Waals surface area contributed by atoms with Crippen LogP contribution in [0, 0.1) is 0 Å². The van der Waals surface area contributed by atoms with Crippen molar-refractivity contribution in [2.24, 2.45) is 0 Å². The number of hydrogen-bond acceptors (Lipinski definition) is 2. The summed E-state index contributed by atoms with van der Waals surface area (Å²) in [5.74, 6) is 0. The van der Waals surface area contributed by atoms with Crippen molar-refractivity contribution in [3.8, 4) is 0 Å². The Bertz CT molecular complexity index is 679. The maximum Gasteiger partial charge on any atom is 0.294 e. The first-order valence-corrected chi connectivity index (χ1v) is 11.1. The van der Waals surface area contributed by atoms with E-state index in [4.69, 9.17) is 69.6 Å². The maximum atomic E-state index is 12.1. The lowest BCUT2D eigenvalue weighted by atomic mass is 9.97. The van der Waals surface area contributed by atoms with Crippen LogP contribution in [0.15, 0.2) is 22.1 Å². The number of allylic oxidation sites excluding steroid dienone is 4. The predicted molar refractivity (Wildman–Crippen MR) is 102 cm³/mol.